The summed E-state index contributed by atoms with van der Waals surface area (Å²) in [6.07, 6.45) is 6.63. The molecular weight excluding hydrogens is 388 g/mol. The molecule has 0 bridgehead atoms. The zero-order chi connectivity index (χ0) is 21.4. The van der Waals surface area contributed by atoms with Crippen molar-refractivity contribution in [3.05, 3.63) is 22.3 Å². The summed E-state index contributed by atoms with van der Waals surface area (Å²) in [5, 5.41) is 3.09. The molecule has 1 aliphatic heterocycles. The van der Waals surface area contributed by atoms with Gasteiger partial charge in [-0.25, -0.2) is 0 Å². The normalized spacial score (nSPS) is 19.7. The van der Waals surface area contributed by atoms with E-state index in [0.717, 1.165) is 43.4 Å². The maximum atomic E-state index is 13.9. The summed E-state index contributed by atoms with van der Waals surface area (Å²) >= 11 is 0. The van der Waals surface area contributed by atoms with Crippen LogP contribution in [0.4, 0.5) is 0 Å². The highest BCUT2D eigenvalue weighted by Gasteiger charge is 2.48. The van der Waals surface area contributed by atoms with Crippen LogP contribution in [0.2, 0.25) is 37.8 Å². The second kappa shape index (κ2) is 6.68. The smallest absolute Gasteiger partial charge is 0.189 e. The van der Waals surface area contributed by atoms with Crippen molar-refractivity contribution < 1.29 is 9.53 Å². The van der Waals surface area contributed by atoms with Gasteiger partial charge in [0.15, 0.2) is 5.78 Å². The predicted molar refractivity (Wildman–Crippen MR) is 130 cm³/mol. The lowest BCUT2D eigenvalue weighted by molar-refractivity contribution is 0.103. The zero-order valence-corrected chi connectivity index (χ0v) is 21.8. The van der Waals surface area contributed by atoms with Gasteiger partial charge in [-0.2, -0.15) is 0 Å². The molecule has 0 fully saturated rings. The van der Waals surface area contributed by atoms with E-state index in [1.54, 1.807) is 0 Å². The minimum atomic E-state index is -1.90. The summed E-state index contributed by atoms with van der Waals surface area (Å²) in [6, 6.07) is 0. The fourth-order valence-electron chi connectivity index (χ4n) is 5.52. The topological polar surface area (TPSA) is 26.3 Å². The number of rotatable bonds is 2. The summed E-state index contributed by atoms with van der Waals surface area (Å²) in [4.78, 5) is 13.9. The molecule has 29 heavy (non-hydrogen) atoms. The standard InChI is InChI=1S/C25H38O2Si2/c1-25(2,3)29(7,8)24-19-16-12-10-9-11-13-17(16)21(26)20(19)23(28(4,5)6)18-14-15-27-22(18)24/h9-15H2,1-8H3. The number of carbonyl (C=O) groups excluding carboxylic acids is 1. The maximum absolute atomic E-state index is 13.9. The van der Waals surface area contributed by atoms with E-state index in [2.05, 4.69) is 53.5 Å². The van der Waals surface area contributed by atoms with E-state index in [1.165, 1.54) is 45.7 Å². The molecule has 0 spiro atoms. The molecule has 1 heterocycles. The largest absolute Gasteiger partial charge is 0.493 e. The van der Waals surface area contributed by atoms with Crippen molar-refractivity contribution >= 4 is 37.9 Å². The number of hydrogen-bond acceptors (Lipinski definition) is 2. The summed E-state index contributed by atoms with van der Waals surface area (Å²) in [7, 11) is -3.60. The van der Waals surface area contributed by atoms with Gasteiger partial charge in [0, 0.05) is 17.6 Å². The van der Waals surface area contributed by atoms with Crippen molar-refractivity contribution in [2.45, 2.75) is 97.1 Å². The van der Waals surface area contributed by atoms with E-state index in [-0.39, 0.29) is 5.04 Å². The second-order valence-electron chi connectivity index (χ2n) is 11.9. The van der Waals surface area contributed by atoms with Crippen LogP contribution in [0, 0.1) is 0 Å². The average Bonchev–Trinajstić information content (AvgIpc) is 3.05. The van der Waals surface area contributed by atoms with E-state index in [0.29, 0.717) is 5.78 Å². The zero-order valence-electron chi connectivity index (χ0n) is 19.8. The van der Waals surface area contributed by atoms with Crippen LogP contribution >= 0.6 is 0 Å². The molecule has 0 unspecified atom stereocenters. The van der Waals surface area contributed by atoms with Crippen molar-refractivity contribution in [3.63, 3.8) is 0 Å². The Kier molecular flexibility index (Phi) is 4.86. The van der Waals surface area contributed by atoms with Crippen LogP contribution < -0.4 is 15.1 Å². The van der Waals surface area contributed by atoms with Crippen LogP contribution in [0.3, 0.4) is 0 Å². The van der Waals surface area contributed by atoms with E-state index in [1.807, 2.05) is 0 Å². The number of Topliss-reactive ketones (excluding diaryl/α,β-unsaturated/α-hetero) is 1. The highest BCUT2D eigenvalue weighted by Crippen LogP contribution is 2.47. The number of benzene rings is 1. The quantitative estimate of drug-likeness (QED) is 0.559. The third kappa shape index (κ3) is 3.04. The van der Waals surface area contributed by atoms with Crippen LogP contribution in [-0.2, 0) is 6.42 Å². The van der Waals surface area contributed by atoms with Crippen LogP contribution in [0.25, 0.3) is 5.57 Å². The Labute approximate surface area is 179 Å². The van der Waals surface area contributed by atoms with Gasteiger partial charge in [0.25, 0.3) is 0 Å². The minimum absolute atomic E-state index is 0.207. The Balaban J connectivity index is 2.16. The van der Waals surface area contributed by atoms with Crippen LogP contribution in [0.1, 0.15) is 74.4 Å². The first-order chi connectivity index (χ1) is 13.4. The first-order valence-electron chi connectivity index (χ1n) is 11.5. The van der Waals surface area contributed by atoms with Gasteiger partial charge in [-0.15, -0.1) is 0 Å². The molecule has 4 heteroatoms. The van der Waals surface area contributed by atoms with Crippen molar-refractivity contribution in [1.29, 1.82) is 0 Å². The molecule has 3 aliphatic rings. The second-order valence-corrected chi connectivity index (χ2v) is 22.1. The average molecular weight is 427 g/mol. The minimum Gasteiger partial charge on any atom is -0.493 e. The van der Waals surface area contributed by atoms with Crippen molar-refractivity contribution in [1.82, 2.24) is 0 Å². The summed E-state index contributed by atoms with van der Waals surface area (Å²) < 4.78 is 6.44. The monoisotopic (exact) mass is 426 g/mol. The first-order valence-corrected chi connectivity index (χ1v) is 18.0. The number of allylic oxidation sites excluding steroid dienone is 2. The van der Waals surface area contributed by atoms with Gasteiger partial charge in [0.2, 0.25) is 0 Å². The van der Waals surface area contributed by atoms with E-state index in [9.17, 15) is 4.79 Å². The molecule has 4 rings (SSSR count). The Morgan fingerprint density at radius 2 is 1.41 bits per heavy atom. The Morgan fingerprint density at radius 1 is 0.793 bits per heavy atom. The molecule has 0 amide bonds. The fourth-order valence-corrected chi connectivity index (χ4v) is 10.1. The third-order valence-corrected chi connectivity index (χ3v) is 15.5. The van der Waals surface area contributed by atoms with E-state index >= 15 is 0 Å². The number of carbonyl (C=O) groups is 1. The van der Waals surface area contributed by atoms with E-state index in [4.69, 9.17) is 4.74 Å². The molecule has 1 aromatic carbocycles. The van der Waals surface area contributed by atoms with Crippen molar-refractivity contribution in [2.24, 2.45) is 0 Å². The lowest BCUT2D eigenvalue weighted by Gasteiger charge is -2.40. The molecule has 0 radical (unpaired) electrons. The molecule has 0 saturated carbocycles. The van der Waals surface area contributed by atoms with Crippen LogP contribution in [0.5, 0.6) is 5.75 Å². The van der Waals surface area contributed by atoms with Gasteiger partial charge in [-0.3, -0.25) is 4.79 Å². The number of ether oxygens (including phenoxy) is 1. The van der Waals surface area contributed by atoms with Gasteiger partial charge in [0.05, 0.1) is 22.8 Å². The Bertz CT molecular complexity index is 924. The van der Waals surface area contributed by atoms with Crippen molar-refractivity contribution in [3.8, 4) is 5.75 Å². The highest BCUT2D eigenvalue weighted by atomic mass is 28.3. The van der Waals surface area contributed by atoms with Crippen molar-refractivity contribution in [2.75, 3.05) is 6.61 Å². The molecular formula is C25H38O2Si2. The summed E-state index contributed by atoms with van der Waals surface area (Å²) in [5.41, 5.74) is 6.44. The number of fused-ring (bicyclic) bond motifs is 3. The molecule has 0 aromatic heterocycles. The summed E-state index contributed by atoms with van der Waals surface area (Å²) in [6.45, 7) is 20.2. The molecule has 0 saturated heterocycles. The molecule has 1 aromatic rings. The van der Waals surface area contributed by atoms with Gasteiger partial charge in [-0.1, -0.05) is 59.9 Å². The molecule has 0 N–H and O–H groups in total. The molecule has 158 valence electrons. The predicted octanol–water partition coefficient (Wildman–Crippen LogP) is 5.80. The number of ketones is 1. The van der Waals surface area contributed by atoms with Gasteiger partial charge >= 0.3 is 0 Å². The number of hydrogen-bond donors (Lipinski definition) is 0. The molecule has 2 aliphatic carbocycles. The fraction of sp³-hybridized carbons (Fsp3) is 0.640. The van der Waals surface area contributed by atoms with Gasteiger partial charge in [0.1, 0.15) is 5.75 Å². The molecule has 0 atom stereocenters. The van der Waals surface area contributed by atoms with Gasteiger partial charge < -0.3 is 4.74 Å². The van der Waals surface area contributed by atoms with Crippen LogP contribution in [0.15, 0.2) is 5.57 Å². The lowest BCUT2D eigenvalue weighted by atomic mass is 9.97. The highest BCUT2D eigenvalue weighted by molar-refractivity contribution is 6.94. The molecule has 2 nitrogen and oxygen atoms in total. The third-order valence-electron chi connectivity index (χ3n) is 7.92. The van der Waals surface area contributed by atoms with Crippen LogP contribution in [-0.4, -0.2) is 28.5 Å². The van der Waals surface area contributed by atoms with Gasteiger partial charge in [-0.05, 0) is 57.8 Å². The maximum Gasteiger partial charge on any atom is 0.189 e. The SMILES string of the molecule is CC(C)(C)[Si](C)(C)c1c2c(c([Si](C)(C)C)c3c1C1=C(CCCCC1)C3=O)CCO2. The Hall–Kier alpha value is -1.14. The summed E-state index contributed by atoms with van der Waals surface area (Å²) in [5.74, 6) is 1.57. The lowest BCUT2D eigenvalue weighted by Crippen LogP contribution is -2.54. The first kappa shape index (κ1) is 21.1. The van der Waals surface area contributed by atoms with E-state index < -0.39 is 16.1 Å². The Morgan fingerprint density at radius 3 is 2.00 bits per heavy atom.